The summed E-state index contributed by atoms with van der Waals surface area (Å²) in [5, 5.41) is 4.62. The number of imidazole rings is 1. The molecule has 0 aliphatic heterocycles. The second-order valence-electron chi connectivity index (χ2n) is 6.10. The number of nitrogens with two attached hydrogens (primary N) is 1. The molecule has 21 heavy (non-hydrogen) atoms. The highest BCUT2D eigenvalue weighted by Gasteiger charge is 2.22. The monoisotopic (exact) mass is 287 g/mol. The first kappa shape index (κ1) is 14.3. The van der Waals surface area contributed by atoms with E-state index in [-0.39, 0.29) is 6.04 Å². The molecule has 1 aliphatic rings. The molecule has 0 radical (unpaired) electrons. The number of hydrogen-bond acceptors (Lipinski definition) is 3. The van der Waals surface area contributed by atoms with Crippen LogP contribution in [-0.4, -0.2) is 25.4 Å². The summed E-state index contributed by atoms with van der Waals surface area (Å²) in [4.78, 5) is 4.61. The van der Waals surface area contributed by atoms with Gasteiger partial charge in [-0.1, -0.05) is 6.92 Å². The van der Waals surface area contributed by atoms with Crippen molar-refractivity contribution in [3.8, 4) is 5.82 Å². The van der Waals surface area contributed by atoms with Gasteiger partial charge in [0.2, 0.25) is 0 Å². The molecule has 0 fully saturated rings. The minimum absolute atomic E-state index is 0.186. The zero-order valence-electron chi connectivity index (χ0n) is 13.3. The van der Waals surface area contributed by atoms with E-state index in [4.69, 9.17) is 5.73 Å². The van der Waals surface area contributed by atoms with Gasteiger partial charge in [-0.05, 0) is 45.4 Å². The van der Waals surface area contributed by atoms with Crippen LogP contribution in [0.2, 0.25) is 0 Å². The van der Waals surface area contributed by atoms with Gasteiger partial charge in [0.05, 0.1) is 11.4 Å². The highest BCUT2D eigenvalue weighted by atomic mass is 15.3. The van der Waals surface area contributed by atoms with E-state index in [9.17, 15) is 0 Å². The Morgan fingerprint density at radius 3 is 2.86 bits per heavy atom. The van der Waals surface area contributed by atoms with Crippen molar-refractivity contribution in [3.05, 3.63) is 29.0 Å². The zero-order valence-corrected chi connectivity index (χ0v) is 13.3. The SMILES string of the molecule is CCC(N)Cc1c(C)nn(C)c1-n1cnc2c1CCCC2. The predicted octanol–water partition coefficient (Wildman–Crippen LogP) is 2.07. The number of rotatable bonds is 4. The van der Waals surface area contributed by atoms with Crippen molar-refractivity contribution >= 4 is 0 Å². The van der Waals surface area contributed by atoms with E-state index < -0.39 is 0 Å². The summed E-state index contributed by atoms with van der Waals surface area (Å²) in [6.07, 6.45) is 8.53. The van der Waals surface area contributed by atoms with Crippen molar-refractivity contribution in [2.24, 2.45) is 12.8 Å². The quantitative estimate of drug-likeness (QED) is 0.936. The normalized spacial score (nSPS) is 16.0. The first-order valence-corrected chi connectivity index (χ1v) is 7.95. The lowest BCUT2D eigenvalue weighted by atomic mass is 10.0. The summed E-state index contributed by atoms with van der Waals surface area (Å²) >= 11 is 0. The molecule has 5 nitrogen and oxygen atoms in total. The molecule has 2 aromatic heterocycles. The third kappa shape index (κ3) is 2.50. The molecule has 114 valence electrons. The van der Waals surface area contributed by atoms with Crippen molar-refractivity contribution in [2.45, 2.75) is 58.4 Å². The molecule has 0 saturated heterocycles. The van der Waals surface area contributed by atoms with E-state index in [0.29, 0.717) is 0 Å². The van der Waals surface area contributed by atoms with Crippen LogP contribution >= 0.6 is 0 Å². The van der Waals surface area contributed by atoms with Gasteiger partial charge >= 0.3 is 0 Å². The Morgan fingerprint density at radius 1 is 1.33 bits per heavy atom. The van der Waals surface area contributed by atoms with Crippen LogP contribution < -0.4 is 5.73 Å². The Hall–Kier alpha value is -1.62. The van der Waals surface area contributed by atoms with E-state index in [2.05, 4.69) is 28.5 Å². The first-order valence-electron chi connectivity index (χ1n) is 7.95. The zero-order chi connectivity index (χ0) is 15.0. The average molecular weight is 287 g/mol. The van der Waals surface area contributed by atoms with E-state index in [0.717, 1.165) is 37.2 Å². The highest BCUT2D eigenvalue weighted by molar-refractivity contribution is 5.41. The van der Waals surface area contributed by atoms with Gasteiger partial charge < -0.3 is 5.73 Å². The lowest BCUT2D eigenvalue weighted by Gasteiger charge is -2.16. The first-order chi connectivity index (χ1) is 10.1. The molecule has 5 heteroatoms. The predicted molar refractivity (Wildman–Crippen MR) is 83.7 cm³/mol. The Kier molecular flexibility index (Phi) is 3.85. The second-order valence-corrected chi connectivity index (χ2v) is 6.10. The van der Waals surface area contributed by atoms with Crippen molar-refractivity contribution in [3.63, 3.8) is 0 Å². The number of aryl methyl sites for hydroxylation is 3. The molecular weight excluding hydrogens is 262 g/mol. The molecule has 0 saturated carbocycles. The van der Waals surface area contributed by atoms with Gasteiger partial charge in [0.1, 0.15) is 12.1 Å². The number of nitrogens with zero attached hydrogens (tertiary/aromatic N) is 4. The van der Waals surface area contributed by atoms with Gasteiger partial charge in [-0.15, -0.1) is 0 Å². The maximum atomic E-state index is 6.18. The average Bonchev–Trinajstić information content (AvgIpc) is 3.00. The molecule has 0 aromatic carbocycles. The number of fused-ring (bicyclic) bond motifs is 1. The van der Waals surface area contributed by atoms with Crippen molar-refractivity contribution < 1.29 is 0 Å². The fourth-order valence-corrected chi connectivity index (χ4v) is 3.29. The van der Waals surface area contributed by atoms with Gasteiger partial charge in [0.25, 0.3) is 0 Å². The minimum Gasteiger partial charge on any atom is -0.327 e. The molecule has 0 bridgehead atoms. The molecule has 2 aromatic rings. The molecule has 0 amide bonds. The van der Waals surface area contributed by atoms with Crippen molar-refractivity contribution in [1.82, 2.24) is 19.3 Å². The van der Waals surface area contributed by atoms with Crippen LogP contribution in [0.3, 0.4) is 0 Å². The van der Waals surface area contributed by atoms with Gasteiger partial charge in [-0.25, -0.2) is 4.98 Å². The van der Waals surface area contributed by atoms with Crippen LogP contribution in [0.4, 0.5) is 0 Å². The smallest absolute Gasteiger partial charge is 0.139 e. The highest BCUT2D eigenvalue weighted by Crippen LogP contribution is 2.26. The summed E-state index contributed by atoms with van der Waals surface area (Å²) < 4.78 is 4.22. The Morgan fingerprint density at radius 2 is 2.10 bits per heavy atom. The number of aromatic nitrogens is 4. The van der Waals surface area contributed by atoms with Crippen molar-refractivity contribution in [2.75, 3.05) is 0 Å². The van der Waals surface area contributed by atoms with Gasteiger partial charge in [-0.2, -0.15) is 5.10 Å². The standard InChI is InChI=1S/C16H25N5/c1-4-12(17)9-13-11(2)19-20(3)16(13)21-10-18-14-7-5-6-8-15(14)21/h10,12H,4-9,17H2,1-3H3. The molecular formula is C16H25N5. The van der Waals surface area contributed by atoms with Gasteiger partial charge in [-0.3, -0.25) is 9.25 Å². The second kappa shape index (κ2) is 5.64. The minimum atomic E-state index is 0.186. The summed E-state index contributed by atoms with van der Waals surface area (Å²) in [6.45, 7) is 4.21. The van der Waals surface area contributed by atoms with Crippen LogP contribution in [0, 0.1) is 6.92 Å². The third-order valence-corrected chi connectivity index (χ3v) is 4.56. The summed E-state index contributed by atoms with van der Waals surface area (Å²) in [6, 6.07) is 0.186. The lowest BCUT2D eigenvalue weighted by molar-refractivity contribution is 0.629. The van der Waals surface area contributed by atoms with E-state index in [1.54, 1.807) is 0 Å². The van der Waals surface area contributed by atoms with E-state index in [1.165, 1.54) is 29.8 Å². The third-order valence-electron chi connectivity index (χ3n) is 4.56. The summed E-state index contributed by atoms with van der Waals surface area (Å²) in [7, 11) is 2.01. The van der Waals surface area contributed by atoms with E-state index >= 15 is 0 Å². The van der Waals surface area contributed by atoms with Crippen molar-refractivity contribution in [1.29, 1.82) is 0 Å². The molecule has 2 N–H and O–H groups in total. The summed E-state index contributed by atoms with van der Waals surface area (Å²) in [5.41, 5.74) is 11.1. The van der Waals surface area contributed by atoms with Crippen LogP contribution in [0.25, 0.3) is 5.82 Å². The molecule has 3 rings (SSSR count). The van der Waals surface area contributed by atoms with Crippen LogP contribution in [0.5, 0.6) is 0 Å². The molecule has 2 heterocycles. The van der Waals surface area contributed by atoms with Crippen LogP contribution in [-0.2, 0) is 26.3 Å². The molecule has 1 unspecified atom stereocenters. The maximum absolute atomic E-state index is 6.18. The topological polar surface area (TPSA) is 61.7 Å². The van der Waals surface area contributed by atoms with E-state index in [1.807, 2.05) is 18.1 Å². The van der Waals surface area contributed by atoms with Crippen LogP contribution in [0.1, 0.15) is 48.8 Å². The number of hydrogen-bond donors (Lipinski definition) is 1. The molecule has 0 spiro atoms. The largest absolute Gasteiger partial charge is 0.327 e. The fourth-order valence-electron chi connectivity index (χ4n) is 3.29. The lowest BCUT2D eigenvalue weighted by Crippen LogP contribution is -2.23. The maximum Gasteiger partial charge on any atom is 0.139 e. The Balaban J connectivity index is 2.07. The Labute approximate surface area is 126 Å². The fraction of sp³-hybridized carbons (Fsp3) is 0.625. The molecule has 1 aliphatic carbocycles. The summed E-state index contributed by atoms with van der Waals surface area (Å²) in [5.74, 6) is 1.15. The van der Waals surface area contributed by atoms with Crippen LogP contribution in [0.15, 0.2) is 6.33 Å². The molecule has 1 atom stereocenters. The Bertz CT molecular complexity index is 637. The van der Waals surface area contributed by atoms with Gasteiger partial charge in [0, 0.05) is 24.3 Å². The van der Waals surface area contributed by atoms with Gasteiger partial charge in [0.15, 0.2) is 0 Å².